The van der Waals surface area contributed by atoms with E-state index >= 15 is 0 Å². The molecule has 0 aromatic heterocycles. The fraction of sp³-hybridized carbons (Fsp3) is 0.355. The van der Waals surface area contributed by atoms with Crippen LogP contribution in [0, 0.1) is 0 Å². The largest absolute Gasteiger partial charge is 0.497 e. The highest BCUT2D eigenvalue weighted by atomic mass is 35.5. The lowest BCUT2D eigenvalue weighted by Gasteiger charge is -2.33. The van der Waals surface area contributed by atoms with Crippen LogP contribution in [0.2, 0.25) is 5.02 Å². The van der Waals surface area contributed by atoms with Gasteiger partial charge in [-0.25, -0.2) is 8.42 Å². The summed E-state index contributed by atoms with van der Waals surface area (Å²) in [7, 11) is -1.18. The van der Waals surface area contributed by atoms with Crippen molar-refractivity contribution in [3.63, 3.8) is 0 Å². The highest BCUT2D eigenvalue weighted by Crippen LogP contribution is 2.28. The molecule has 0 aliphatic carbocycles. The predicted molar refractivity (Wildman–Crippen MR) is 164 cm³/mol. The molecule has 0 heterocycles. The first kappa shape index (κ1) is 32.8. The molecule has 3 aromatic rings. The molecule has 0 aliphatic heterocycles. The van der Waals surface area contributed by atoms with Gasteiger partial charge in [0.2, 0.25) is 11.8 Å². The maximum atomic E-state index is 14.1. The number of ether oxygens (including phenoxy) is 2. The van der Waals surface area contributed by atoms with E-state index in [4.69, 9.17) is 21.1 Å². The van der Waals surface area contributed by atoms with Crippen molar-refractivity contribution in [1.29, 1.82) is 0 Å². The van der Waals surface area contributed by atoms with Gasteiger partial charge in [-0.3, -0.25) is 13.9 Å². The summed E-state index contributed by atoms with van der Waals surface area (Å²) in [4.78, 5) is 28.9. The highest BCUT2D eigenvalue weighted by Gasteiger charge is 2.34. The van der Waals surface area contributed by atoms with E-state index in [0.717, 1.165) is 16.3 Å². The van der Waals surface area contributed by atoms with Crippen molar-refractivity contribution in [1.82, 2.24) is 10.2 Å². The number of rotatable bonds is 14. The number of nitrogens with one attached hydrogen (secondary N) is 1. The van der Waals surface area contributed by atoms with E-state index in [0.29, 0.717) is 22.9 Å². The number of halogens is 1. The minimum atomic E-state index is -4.23. The van der Waals surface area contributed by atoms with E-state index in [1.165, 1.54) is 42.3 Å². The number of carbonyl (C=O) groups is 2. The van der Waals surface area contributed by atoms with Gasteiger partial charge in [-0.2, -0.15) is 0 Å². The Hall–Kier alpha value is -3.76. The number of nitrogens with zero attached hydrogens (tertiary/aromatic N) is 2. The lowest BCUT2D eigenvalue weighted by atomic mass is 10.1. The summed E-state index contributed by atoms with van der Waals surface area (Å²) < 4.78 is 39.4. The van der Waals surface area contributed by atoms with Gasteiger partial charge < -0.3 is 19.7 Å². The predicted octanol–water partition coefficient (Wildman–Crippen LogP) is 5.27. The molecular formula is C31H38ClN3O6S. The first-order valence-electron chi connectivity index (χ1n) is 13.7. The normalized spacial score (nSPS) is 12.6. The Kier molecular flexibility index (Phi) is 11.6. The minimum Gasteiger partial charge on any atom is -0.497 e. The number of carbonyl (C=O) groups excluding carboxylic acids is 2. The molecule has 226 valence electrons. The Morgan fingerprint density at radius 2 is 1.50 bits per heavy atom. The molecule has 3 rings (SSSR count). The molecule has 9 nitrogen and oxygen atoms in total. The van der Waals surface area contributed by atoms with E-state index in [-0.39, 0.29) is 29.1 Å². The van der Waals surface area contributed by atoms with Crippen LogP contribution in [0.15, 0.2) is 77.7 Å². The Labute approximate surface area is 253 Å². The zero-order valence-electron chi connectivity index (χ0n) is 24.5. The van der Waals surface area contributed by atoms with E-state index < -0.39 is 28.5 Å². The van der Waals surface area contributed by atoms with Gasteiger partial charge in [0, 0.05) is 17.6 Å². The Morgan fingerprint density at radius 3 is 2.02 bits per heavy atom. The van der Waals surface area contributed by atoms with Crippen molar-refractivity contribution in [3.8, 4) is 11.5 Å². The second-order valence-electron chi connectivity index (χ2n) is 9.78. The van der Waals surface area contributed by atoms with Crippen LogP contribution >= 0.6 is 11.6 Å². The molecule has 0 fully saturated rings. The van der Waals surface area contributed by atoms with Gasteiger partial charge in [-0.15, -0.1) is 0 Å². The van der Waals surface area contributed by atoms with Crippen molar-refractivity contribution in [2.75, 3.05) is 25.1 Å². The smallest absolute Gasteiger partial charge is 0.264 e. The van der Waals surface area contributed by atoms with Gasteiger partial charge >= 0.3 is 0 Å². The summed E-state index contributed by atoms with van der Waals surface area (Å²) in [6, 6.07) is 18.4. The van der Waals surface area contributed by atoms with Gasteiger partial charge in [0.05, 0.1) is 24.8 Å². The van der Waals surface area contributed by atoms with Crippen LogP contribution in [0.25, 0.3) is 0 Å². The number of hydrogen-bond acceptors (Lipinski definition) is 6. The Bertz CT molecular complexity index is 1450. The van der Waals surface area contributed by atoms with Crippen LogP contribution in [0.4, 0.5) is 5.69 Å². The topological polar surface area (TPSA) is 105 Å². The SMILES string of the molecule is CCC(C)NC(=O)C(CC)N(Cc1ccc(OC)cc1)C(=O)CN(c1cccc(Cl)c1)S(=O)(=O)c1ccc(OC)cc1. The second kappa shape index (κ2) is 14.9. The number of hydrogen-bond donors (Lipinski definition) is 1. The summed E-state index contributed by atoms with van der Waals surface area (Å²) in [6.07, 6.45) is 1.05. The molecule has 1 N–H and O–H groups in total. The second-order valence-corrected chi connectivity index (χ2v) is 12.1. The van der Waals surface area contributed by atoms with Gasteiger partial charge in [0.25, 0.3) is 10.0 Å². The zero-order chi connectivity index (χ0) is 30.9. The van der Waals surface area contributed by atoms with E-state index in [1.807, 2.05) is 20.8 Å². The minimum absolute atomic E-state index is 0.0284. The third kappa shape index (κ3) is 8.17. The lowest BCUT2D eigenvalue weighted by molar-refractivity contribution is -0.140. The molecule has 11 heteroatoms. The van der Waals surface area contributed by atoms with Crippen LogP contribution < -0.4 is 19.1 Å². The maximum absolute atomic E-state index is 14.1. The number of anilines is 1. The number of methoxy groups -OCH3 is 2. The van der Waals surface area contributed by atoms with E-state index in [2.05, 4.69) is 5.32 Å². The van der Waals surface area contributed by atoms with Crippen LogP contribution in [0.3, 0.4) is 0 Å². The molecule has 0 spiro atoms. The Balaban J connectivity index is 2.06. The van der Waals surface area contributed by atoms with Crippen LogP contribution in [0.1, 0.15) is 39.2 Å². The molecule has 0 saturated carbocycles. The third-order valence-electron chi connectivity index (χ3n) is 6.92. The van der Waals surface area contributed by atoms with Gasteiger partial charge in [0.15, 0.2) is 0 Å². The fourth-order valence-corrected chi connectivity index (χ4v) is 5.91. The molecule has 3 aromatic carbocycles. The van der Waals surface area contributed by atoms with E-state index in [1.54, 1.807) is 49.6 Å². The standard InChI is InChI=1S/C31H38ClN3O6S/c1-6-22(3)33-31(37)29(7-2)34(20-23-11-13-26(40-4)14-12-23)30(36)21-35(25-10-8-9-24(32)19-25)42(38,39)28-17-15-27(41-5)16-18-28/h8-19,22,29H,6-7,20-21H2,1-5H3,(H,33,37). The van der Waals surface area contributed by atoms with Gasteiger partial charge in [-0.05, 0) is 79.9 Å². The monoisotopic (exact) mass is 615 g/mol. The maximum Gasteiger partial charge on any atom is 0.264 e. The van der Waals surface area contributed by atoms with Gasteiger partial charge in [-0.1, -0.05) is 43.6 Å². The number of benzene rings is 3. The molecule has 2 atom stereocenters. The summed E-state index contributed by atoms with van der Waals surface area (Å²) in [5, 5.41) is 3.27. The molecule has 2 amide bonds. The third-order valence-corrected chi connectivity index (χ3v) is 8.94. The van der Waals surface area contributed by atoms with Crippen molar-refractivity contribution in [2.45, 2.75) is 57.1 Å². The number of sulfonamides is 1. The quantitative estimate of drug-likeness (QED) is 0.265. The number of amides is 2. The average Bonchev–Trinajstić information content (AvgIpc) is 2.99. The first-order chi connectivity index (χ1) is 20.0. The molecular weight excluding hydrogens is 578 g/mol. The van der Waals surface area contributed by atoms with Crippen LogP contribution in [-0.4, -0.2) is 58.0 Å². The zero-order valence-corrected chi connectivity index (χ0v) is 26.1. The summed E-state index contributed by atoms with van der Waals surface area (Å²) in [6.45, 7) is 5.19. The average molecular weight is 616 g/mol. The van der Waals surface area contributed by atoms with E-state index in [9.17, 15) is 18.0 Å². The van der Waals surface area contributed by atoms with Crippen molar-refractivity contribution in [3.05, 3.63) is 83.4 Å². The van der Waals surface area contributed by atoms with Crippen LogP contribution in [0.5, 0.6) is 11.5 Å². The summed E-state index contributed by atoms with van der Waals surface area (Å²) in [5.74, 6) is 0.286. The van der Waals surface area contributed by atoms with Crippen molar-refractivity contribution >= 4 is 39.1 Å². The molecule has 0 saturated heterocycles. The molecule has 2 unspecified atom stereocenters. The van der Waals surface area contributed by atoms with Crippen molar-refractivity contribution in [2.24, 2.45) is 0 Å². The first-order valence-corrected chi connectivity index (χ1v) is 15.5. The molecule has 0 radical (unpaired) electrons. The molecule has 42 heavy (non-hydrogen) atoms. The summed E-state index contributed by atoms with van der Waals surface area (Å²) >= 11 is 6.24. The molecule has 0 aliphatic rings. The molecule has 0 bridgehead atoms. The van der Waals surface area contributed by atoms with Gasteiger partial charge in [0.1, 0.15) is 24.1 Å². The Morgan fingerprint density at radius 1 is 0.905 bits per heavy atom. The fourth-order valence-electron chi connectivity index (χ4n) is 4.32. The lowest BCUT2D eigenvalue weighted by Crippen LogP contribution is -2.53. The summed E-state index contributed by atoms with van der Waals surface area (Å²) in [5.41, 5.74) is 0.972. The highest BCUT2D eigenvalue weighted by molar-refractivity contribution is 7.92. The van der Waals surface area contributed by atoms with Crippen LogP contribution in [-0.2, 0) is 26.2 Å². The van der Waals surface area contributed by atoms with Crippen molar-refractivity contribution < 1.29 is 27.5 Å².